The zero-order valence-corrected chi connectivity index (χ0v) is 20.2. The average molecular weight is 489 g/mol. The van der Waals surface area contributed by atoms with E-state index in [1.165, 1.54) is 6.21 Å². The molecule has 0 radical (unpaired) electrons. The molecule has 0 saturated carbocycles. The van der Waals surface area contributed by atoms with Gasteiger partial charge in [0, 0.05) is 10.4 Å². The van der Waals surface area contributed by atoms with E-state index in [0.717, 1.165) is 21.9 Å². The van der Waals surface area contributed by atoms with E-state index >= 15 is 0 Å². The average Bonchev–Trinajstić information content (AvgIpc) is 2.88. The summed E-state index contributed by atoms with van der Waals surface area (Å²) in [5, 5.41) is 6.73. The molecule has 0 aliphatic rings. The lowest BCUT2D eigenvalue weighted by Crippen LogP contribution is -2.33. The van der Waals surface area contributed by atoms with E-state index < -0.39 is 6.10 Å². The third-order valence-electron chi connectivity index (χ3n) is 5.31. The predicted molar refractivity (Wildman–Crippen MR) is 139 cm³/mol. The number of rotatable bonds is 9. The summed E-state index contributed by atoms with van der Waals surface area (Å²) in [5.74, 6) is 1.44. The molecule has 0 bridgehead atoms. The smallest absolute Gasteiger partial charge is 0.280 e. The molecule has 0 aromatic heterocycles. The lowest BCUT2D eigenvalue weighted by molar-refractivity contribution is -0.127. The van der Waals surface area contributed by atoms with Crippen LogP contribution in [0, 0.1) is 0 Å². The highest BCUT2D eigenvalue weighted by molar-refractivity contribution is 6.30. The van der Waals surface area contributed by atoms with Crippen molar-refractivity contribution in [1.82, 2.24) is 5.43 Å². The molecule has 7 heteroatoms. The van der Waals surface area contributed by atoms with Crippen LogP contribution in [0.25, 0.3) is 10.8 Å². The van der Waals surface area contributed by atoms with E-state index in [2.05, 4.69) is 10.5 Å². The molecular weight excluding hydrogens is 464 g/mol. The molecule has 0 heterocycles. The van der Waals surface area contributed by atoms with E-state index in [-0.39, 0.29) is 5.91 Å². The van der Waals surface area contributed by atoms with Crippen LogP contribution in [0.2, 0.25) is 5.02 Å². The SMILES string of the molecule is COc1cc(/C=N\NC(=O)[C@H](C)Oc2cccc3ccccc23)ccc1OCc1ccc(Cl)cc1. The molecule has 0 unspecified atom stereocenters. The molecule has 1 N–H and O–H groups in total. The van der Waals surface area contributed by atoms with Gasteiger partial charge < -0.3 is 14.2 Å². The Bertz CT molecular complexity index is 1330. The summed E-state index contributed by atoms with van der Waals surface area (Å²) in [4.78, 5) is 12.5. The van der Waals surface area contributed by atoms with Crippen molar-refractivity contribution in [3.05, 3.63) is 101 Å². The Morgan fingerprint density at radius 3 is 2.54 bits per heavy atom. The van der Waals surface area contributed by atoms with Gasteiger partial charge in [-0.25, -0.2) is 5.43 Å². The van der Waals surface area contributed by atoms with Gasteiger partial charge in [0.05, 0.1) is 13.3 Å². The number of fused-ring (bicyclic) bond motifs is 1. The summed E-state index contributed by atoms with van der Waals surface area (Å²) in [6.45, 7) is 2.06. The van der Waals surface area contributed by atoms with E-state index in [9.17, 15) is 4.79 Å². The van der Waals surface area contributed by atoms with Crippen LogP contribution in [0.1, 0.15) is 18.1 Å². The number of hydrogen-bond acceptors (Lipinski definition) is 5. The Hall–Kier alpha value is -4.03. The van der Waals surface area contributed by atoms with Crippen LogP contribution in [0.3, 0.4) is 0 Å². The van der Waals surface area contributed by atoms with Gasteiger partial charge in [-0.3, -0.25) is 4.79 Å². The Morgan fingerprint density at radius 2 is 1.74 bits per heavy atom. The van der Waals surface area contributed by atoms with E-state index in [1.54, 1.807) is 26.2 Å². The fourth-order valence-electron chi connectivity index (χ4n) is 3.43. The number of hydrogen-bond donors (Lipinski definition) is 1. The second kappa shape index (κ2) is 11.4. The molecule has 0 aliphatic carbocycles. The minimum Gasteiger partial charge on any atom is -0.493 e. The molecule has 35 heavy (non-hydrogen) atoms. The van der Waals surface area contributed by atoms with Crippen molar-refractivity contribution in [3.63, 3.8) is 0 Å². The Labute approximate surface area is 209 Å². The normalized spacial score (nSPS) is 11.9. The highest BCUT2D eigenvalue weighted by Gasteiger charge is 2.15. The Balaban J connectivity index is 1.34. The predicted octanol–water partition coefficient (Wildman–Crippen LogP) is 6.00. The molecule has 4 rings (SSSR count). The van der Waals surface area contributed by atoms with Crippen molar-refractivity contribution in [2.45, 2.75) is 19.6 Å². The molecule has 4 aromatic rings. The first-order chi connectivity index (χ1) is 17.0. The third kappa shape index (κ3) is 6.31. The molecule has 1 amide bonds. The summed E-state index contributed by atoms with van der Waals surface area (Å²) in [7, 11) is 1.57. The maximum Gasteiger partial charge on any atom is 0.280 e. The van der Waals surface area contributed by atoms with Crippen LogP contribution < -0.4 is 19.6 Å². The number of benzene rings is 4. The first-order valence-corrected chi connectivity index (χ1v) is 11.4. The van der Waals surface area contributed by atoms with Crippen molar-refractivity contribution < 1.29 is 19.0 Å². The van der Waals surface area contributed by atoms with Gasteiger partial charge >= 0.3 is 0 Å². The Kier molecular flexibility index (Phi) is 7.85. The zero-order chi connectivity index (χ0) is 24.6. The van der Waals surface area contributed by atoms with Gasteiger partial charge in [0.1, 0.15) is 12.4 Å². The summed E-state index contributed by atoms with van der Waals surface area (Å²) in [6, 6.07) is 26.5. The van der Waals surface area contributed by atoms with Crippen molar-refractivity contribution in [1.29, 1.82) is 0 Å². The van der Waals surface area contributed by atoms with Crippen molar-refractivity contribution >= 4 is 34.5 Å². The summed E-state index contributed by atoms with van der Waals surface area (Å²) in [5.41, 5.74) is 4.26. The van der Waals surface area contributed by atoms with E-state index in [1.807, 2.05) is 72.8 Å². The summed E-state index contributed by atoms with van der Waals surface area (Å²) < 4.78 is 17.2. The third-order valence-corrected chi connectivity index (χ3v) is 5.56. The van der Waals surface area contributed by atoms with Gasteiger partial charge in [0.2, 0.25) is 0 Å². The van der Waals surface area contributed by atoms with Crippen LogP contribution in [0.15, 0.2) is 90.0 Å². The maximum atomic E-state index is 12.5. The van der Waals surface area contributed by atoms with Gasteiger partial charge in [0.15, 0.2) is 17.6 Å². The minimum atomic E-state index is -0.726. The minimum absolute atomic E-state index is 0.357. The van der Waals surface area contributed by atoms with Gasteiger partial charge in [0.25, 0.3) is 5.91 Å². The largest absolute Gasteiger partial charge is 0.493 e. The first-order valence-electron chi connectivity index (χ1n) is 11.1. The number of carbonyl (C=O) groups is 1. The fraction of sp³-hybridized carbons (Fsp3) is 0.143. The van der Waals surface area contributed by atoms with Gasteiger partial charge in [-0.1, -0.05) is 60.1 Å². The quantitative estimate of drug-likeness (QED) is 0.232. The van der Waals surface area contributed by atoms with Crippen LogP contribution in [0.5, 0.6) is 17.2 Å². The second-order valence-corrected chi connectivity index (χ2v) is 8.23. The Morgan fingerprint density at radius 1 is 0.971 bits per heavy atom. The highest BCUT2D eigenvalue weighted by Crippen LogP contribution is 2.29. The van der Waals surface area contributed by atoms with Crippen LogP contribution in [0.4, 0.5) is 0 Å². The number of amides is 1. The molecule has 4 aromatic carbocycles. The first kappa shape index (κ1) is 24.1. The van der Waals surface area contributed by atoms with Crippen LogP contribution in [-0.2, 0) is 11.4 Å². The molecule has 6 nitrogen and oxygen atoms in total. The van der Waals surface area contributed by atoms with Gasteiger partial charge in [-0.15, -0.1) is 0 Å². The number of halogens is 1. The van der Waals surface area contributed by atoms with Crippen LogP contribution >= 0.6 is 11.6 Å². The number of methoxy groups -OCH3 is 1. The maximum absolute atomic E-state index is 12.5. The second-order valence-electron chi connectivity index (χ2n) is 7.80. The molecule has 0 saturated heterocycles. The highest BCUT2D eigenvalue weighted by atomic mass is 35.5. The van der Waals surface area contributed by atoms with E-state index in [4.69, 9.17) is 25.8 Å². The van der Waals surface area contributed by atoms with Crippen molar-refractivity contribution in [3.8, 4) is 17.2 Å². The number of ether oxygens (including phenoxy) is 3. The summed E-state index contributed by atoms with van der Waals surface area (Å²) >= 11 is 5.92. The molecule has 0 aliphatic heterocycles. The molecule has 0 fully saturated rings. The van der Waals surface area contributed by atoms with Crippen molar-refractivity contribution in [2.75, 3.05) is 7.11 Å². The fourth-order valence-corrected chi connectivity index (χ4v) is 3.56. The lowest BCUT2D eigenvalue weighted by Gasteiger charge is -2.14. The summed E-state index contributed by atoms with van der Waals surface area (Å²) in [6.07, 6.45) is 0.810. The number of hydrazone groups is 1. The lowest BCUT2D eigenvalue weighted by atomic mass is 10.1. The number of nitrogens with one attached hydrogen (secondary N) is 1. The molecule has 0 spiro atoms. The number of carbonyl (C=O) groups excluding carboxylic acids is 1. The van der Waals surface area contributed by atoms with Gasteiger partial charge in [-0.2, -0.15) is 5.10 Å². The van der Waals surface area contributed by atoms with Crippen molar-refractivity contribution in [2.24, 2.45) is 5.10 Å². The molecule has 1 atom stereocenters. The van der Waals surface area contributed by atoms with Crippen LogP contribution in [-0.4, -0.2) is 25.3 Å². The monoisotopic (exact) mass is 488 g/mol. The number of nitrogens with zero attached hydrogens (tertiary/aromatic N) is 1. The molecular formula is C28H25ClN2O4. The van der Waals surface area contributed by atoms with Gasteiger partial charge in [-0.05, 0) is 59.8 Å². The van der Waals surface area contributed by atoms with E-state index in [0.29, 0.717) is 28.9 Å². The zero-order valence-electron chi connectivity index (χ0n) is 19.4. The topological polar surface area (TPSA) is 69.2 Å². The standard InChI is InChI=1S/C28H25ClN2O4/c1-19(35-25-9-5-7-22-6-3-4-8-24(22)25)28(32)31-30-17-21-12-15-26(27(16-21)33-2)34-18-20-10-13-23(29)14-11-20/h3-17,19H,18H2,1-2H3,(H,31,32)/b30-17-/t19-/m0/s1. The molecule has 178 valence electrons.